The fourth-order valence-corrected chi connectivity index (χ4v) is 3.74. The van der Waals surface area contributed by atoms with E-state index in [2.05, 4.69) is 5.32 Å². The van der Waals surface area contributed by atoms with Crippen molar-refractivity contribution in [1.82, 2.24) is 9.62 Å². The molecule has 1 atom stereocenters. The lowest BCUT2D eigenvalue weighted by Crippen LogP contribution is -2.45. The first kappa shape index (κ1) is 15.4. The third-order valence-corrected chi connectivity index (χ3v) is 5.65. The van der Waals surface area contributed by atoms with Crippen LogP contribution in [0, 0.1) is 17.2 Å². The van der Waals surface area contributed by atoms with Crippen molar-refractivity contribution in [2.24, 2.45) is 5.92 Å². The summed E-state index contributed by atoms with van der Waals surface area (Å²) in [5.41, 5.74) is 0. The summed E-state index contributed by atoms with van der Waals surface area (Å²) in [6, 6.07) is 1.74. The van der Waals surface area contributed by atoms with Crippen LogP contribution in [0.5, 0.6) is 0 Å². The van der Waals surface area contributed by atoms with Crippen LogP contribution in [0.1, 0.15) is 33.6 Å². The van der Waals surface area contributed by atoms with Crippen molar-refractivity contribution >= 4 is 10.0 Å². The second kappa shape index (κ2) is 6.50. The van der Waals surface area contributed by atoms with Crippen LogP contribution in [0.4, 0.5) is 0 Å². The van der Waals surface area contributed by atoms with Crippen molar-refractivity contribution in [2.45, 2.75) is 44.9 Å². The number of rotatable bonds is 5. The summed E-state index contributed by atoms with van der Waals surface area (Å²) in [6.07, 6.45) is 2.00. The molecule has 1 unspecified atom stereocenters. The molecule has 0 bridgehead atoms. The van der Waals surface area contributed by atoms with Gasteiger partial charge in [0.15, 0.2) is 5.25 Å². The Balaban J connectivity index is 2.80. The highest BCUT2D eigenvalue weighted by molar-refractivity contribution is 7.90. The Kier molecular flexibility index (Phi) is 5.57. The van der Waals surface area contributed by atoms with Gasteiger partial charge in [0.25, 0.3) is 0 Å². The summed E-state index contributed by atoms with van der Waals surface area (Å²) >= 11 is 0. The average Bonchev–Trinajstić information content (AvgIpc) is 2.35. The lowest BCUT2D eigenvalue weighted by atomic mass is 9.98. The van der Waals surface area contributed by atoms with Crippen LogP contribution < -0.4 is 5.32 Å². The van der Waals surface area contributed by atoms with Gasteiger partial charge in [-0.1, -0.05) is 0 Å². The number of nitriles is 1. The Morgan fingerprint density at radius 2 is 1.89 bits per heavy atom. The van der Waals surface area contributed by atoms with E-state index in [1.165, 1.54) is 11.2 Å². The molecule has 0 aliphatic carbocycles. The molecule has 1 N–H and O–H groups in total. The fraction of sp³-hybridized carbons (Fsp3) is 0.917. The number of nitrogens with one attached hydrogen (secondary N) is 1. The van der Waals surface area contributed by atoms with Crippen molar-refractivity contribution in [3.8, 4) is 6.07 Å². The topological polar surface area (TPSA) is 73.2 Å². The van der Waals surface area contributed by atoms with Gasteiger partial charge in [0.2, 0.25) is 10.0 Å². The minimum Gasteiger partial charge on any atom is -0.317 e. The van der Waals surface area contributed by atoms with E-state index in [9.17, 15) is 8.42 Å². The van der Waals surface area contributed by atoms with E-state index in [1.807, 2.05) is 19.9 Å². The smallest absolute Gasteiger partial charge is 0.230 e. The Labute approximate surface area is 110 Å². The summed E-state index contributed by atoms with van der Waals surface area (Å²) in [5.74, 6) is 0.398. The molecule has 6 heteroatoms. The Bertz CT molecular complexity index is 394. The minimum absolute atomic E-state index is 0.0966. The van der Waals surface area contributed by atoms with Crippen LogP contribution in [0.3, 0.4) is 0 Å². The van der Waals surface area contributed by atoms with Crippen LogP contribution in [-0.4, -0.2) is 43.6 Å². The molecule has 0 amide bonds. The van der Waals surface area contributed by atoms with Crippen molar-refractivity contribution in [1.29, 1.82) is 5.26 Å². The number of piperidine rings is 1. The number of hydrogen-bond donors (Lipinski definition) is 1. The summed E-state index contributed by atoms with van der Waals surface area (Å²) < 4.78 is 26.0. The molecule has 1 aliphatic rings. The Hall–Kier alpha value is -0.640. The van der Waals surface area contributed by atoms with E-state index in [4.69, 9.17) is 5.26 Å². The molecule has 1 saturated heterocycles. The van der Waals surface area contributed by atoms with Gasteiger partial charge in [-0.15, -0.1) is 0 Å². The molecule has 0 saturated carbocycles. The van der Waals surface area contributed by atoms with E-state index in [0.29, 0.717) is 12.5 Å². The van der Waals surface area contributed by atoms with E-state index >= 15 is 0 Å². The van der Waals surface area contributed by atoms with E-state index in [1.54, 1.807) is 0 Å². The summed E-state index contributed by atoms with van der Waals surface area (Å²) in [5, 5.41) is 11.1. The van der Waals surface area contributed by atoms with E-state index < -0.39 is 15.3 Å². The largest absolute Gasteiger partial charge is 0.317 e. The van der Waals surface area contributed by atoms with Crippen LogP contribution in [0.25, 0.3) is 0 Å². The molecule has 1 aliphatic heterocycles. The third-order valence-electron chi connectivity index (χ3n) is 3.43. The zero-order chi connectivity index (χ0) is 13.8. The van der Waals surface area contributed by atoms with Crippen molar-refractivity contribution in [2.75, 3.05) is 19.6 Å². The van der Waals surface area contributed by atoms with E-state index in [-0.39, 0.29) is 6.04 Å². The molecule has 0 radical (unpaired) electrons. The van der Waals surface area contributed by atoms with Gasteiger partial charge in [-0.05, 0) is 52.6 Å². The number of nitrogens with zero attached hydrogens (tertiary/aromatic N) is 2. The molecule has 1 rings (SSSR count). The van der Waals surface area contributed by atoms with Gasteiger partial charge < -0.3 is 5.32 Å². The van der Waals surface area contributed by atoms with Gasteiger partial charge in [-0.25, -0.2) is 8.42 Å². The summed E-state index contributed by atoms with van der Waals surface area (Å²) in [4.78, 5) is 0. The second-order valence-corrected chi connectivity index (χ2v) is 7.38. The highest BCUT2D eigenvalue weighted by Gasteiger charge is 2.32. The normalized spacial score (nSPS) is 20.0. The molecule has 0 aromatic heterocycles. The molecule has 104 valence electrons. The molecule has 0 aromatic rings. The van der Waals surface area contributed by atoms with Gasteiger partial charge in [-0.3, -0.25) is 0 Å². The number of sulfonamides is 1. The van der Waals surface area contributed by atoms with Gasteiger partial charge in [0.1, 0.15) is 0 Å². The summed E-state index contributed by atoms with van der Waals surface area (Å²) in [6.45, 7) is 7.61. The average molecular weight is 273 g/mol. The van der Waals surface area contributed by atoms with Crippen LogP contribution in [-0.2, 0) is 10.0 Å². The van der Waals surface area contributed by atoms with Crippen molar-refractivity contribution in [3.05, 3.63) is 0 Å². The molecule has 5 nitrogen and oxygen atoms in total. The van der Waals surface area contributed by atoms with E-state index in [0.717, 1.165) is 25.9 Å². The Morgan fingerprint density at radius 1 is 1.33 bits per heavy atom. The molecule has 1 heterocycles. The highest BCUT2D eigenvalue weighted by Crippen LogP contribution is 2.20. The fourth-order valence-electron chi connectivity index (χ4n) is 2.20. The first-order valence-corrected chi connectivity index (χ1v) is 8.01. The van der Waals surface area contributed by atoms with Gasteiger partial charge in [-0.2, -0.15) is 9.57 Å². The van der Waals surface area contributed by atoms with Gasteiger partial charge >= 0.3 is 0 Å². The maximum atomic E-state index is 12.3. The SMILES string of the molecule is CC(C)N(CC1CCNCC1)S(=O)(=O)C(C)C#N. The standard InChI is InChI=1S/C12H23N3O2S/c1-10(2)15(18(16,17)11(3)8-13)9-12-4-6-14-7-5-12/h10-12,14H,4-7,9H2,1-3H3. The maximum absolute atomic E-state index is 12.3. The first-order chi connectivity index (χ1) is 8.39. The zero-order valence-electron chi connectivity index (χ0n) is 11.4. The quantitative estimate of drug-likeness (QED) is 0.809. The van der Waals surface area contributed by atoms with Crippen LogP contribution >= 0.6 is 0 Å². The minimum atomic E-state index is -3.50. The maximum Gasteiger partial charge on any atom is 0.230 e. The molecular weight excluding hydrogens is 250 g/mol. The highest BCUT2D eigenvalue weighted by atomic mass is 32.2. The van der Waals surface area contributed by atoms with Crippen molar-refractivity contribution in [3.63, 3.8) is 0 Å². The molecule has 0 aromatic carbocycles. The molecular formula is C12H23N3O2S. The molecule has 18 heavy (non-hydrogen) atoms. The predicted octanol–water partition coefficient (Wildman–Crippen LogP) is 0.938. The van der Waals surface area contributed by atoms with Crippen LogP contribution in [0.2, 0.25) is 0 Å². The Morgan fingerprint density at radius 3 is 2.33 bits per heavy atom. The van der Waals surface area contributed by atoms with Gasteiger partial charge in [0.05, 0.1) is 6.07 Å². The van der Waals surface area contributed by atoms with Gasteiger partial charge in [0, 0.05) is 12.6 Å². The lowest BCUT2D eigenvalue weighted by molar-refractivity contribution is 0.260. The molecule has 0 spiro atoms. The number of hydrogen-bond acceptors (Lipinski definition) is 4. The lowest BCUT2D eigenvalue weighted by Gasteiger charge is -2.32. The predicted molar refractivity (Wildman–Crippen MR) is 71.4 cm³/mol. The molecule has 1 fully saturated rings. The third kappa shape index (κ3) is 3.67. The monoisotopic (exact) mass is 273 g/mol. The second-order valence-electron chi connectivity index (χ2n) is 5.17. The first-order valence-electron chi connectivity index (χ1n) is 6.50. The summed E-state index contributed by atoms with van der Waals surface area (Å²) in [7, 11) is -3.50. The van der Waals surface area contributed by atoms with Crippen LogP contribution in [0.15, 0.2) is 0 Å². The zero-order valence-corrected chi connectivity index (χ0v) is 12.2. The van der Waals surface area contributed by atoms with Crippen molar-refractivity contribution < 1.29 is 8.42 Å².